The third-order valence-corrected chi connectivity index (χ3v) is 2.43. The van der Waals surface area contributed by atoms with Crippen LogP contribution >= 0.6 is 11.6 Å². The number of carbonyl (C=O) groups is 2. The smallest absolute Gasteiger partial charge is 0.308 e. The SMILES string of the molecule is CC(CN(C)C(=O)c1occc1Cl)C(=O)O. The van der Waals surface area contributed by atoms with Crippen LogP contribution in [0.15, 0.2) is 16.7 Å². The number of halogens is 1. The molecule has 5 nitrogen and oxygen atoms in total. The van der Waals surface area contributed by atoms with Crippen molar-refractivity contribution in [2.75, 3.05) is 13.6 Å². The summed E-state index contributed by atoms with van der Waals surface area (Å²) in [5.74, 6) is -1.99. The van der Waals surface area contributed by atoms with Crippen molar-refractivity contribution in [2.45, 2.75) is 6.92 Å². The van der Waals surface area contributed by atoms with Crippen molar-refractivity contribution in [3.63, 3.8) is 0 Å². The largest absolute Gasteiger partial charge is 0.481 e. The van der Waals surface area contributed by atoms with E-state index in [2.05, 4.69) is 0 Å². The van der Waals surface area contributed by atoms with Gasteiger partial charge < -0.3 is 14.4 Å². The third-order valence-electron chi connectivity index (χ3n) is 2.13. The molecule has 1 unspecified atom stereocenters. The molecule has 1 aromatic heterocycles. The van der Waals surface area contributed by atoms with Crippen LogP contribution in [-0.4, -0.2) is 35.5 Å². The molecular formula is C10H12ClNO4. The second kappa shape index (κ2) is 5.03. The molecule has 0 fully saturated rings. The maximum absolute atomic E-state index is 11.7. The summed E-state index contributed by atoms with van der Waals surface area (Å²) in [5, 5.41) is 8.93. The van der Waals surface area contributed by atoms with Crippen LogP contribution in [0, 0.1) is 5.92 Å². The van der Waals surface area contributed by atoms with E-state index in [1.807, 2.05) is 0 Å². The number of carboxylic acids is 1. The molecule has 0 saturated carbocycles. The Hall–Kier alpha value is -1.49. The lowest BCUT2D eigenvalue weighted by molar-refractivity contribution is -0.141. The van der Waals surface area contributed by atoms with E-state index in [9.17, 15) is 9.59 Å². The zero-order valence-electron chi connectivity index (χ0n) is 8.94. The lowest BCUT2D eigenvalue weighted by Crippen LogP contribution is -2.33. The number of amides is 1. The number of carbonyl (C=O) groups excluding carboxylic acids is 1. The molecule has 16 heavy (non-hydrogen) atoms. The quantitative estimate of drug-likeness (QED) is 0.877. The first kappa shape index (κ1) is 12.6. The van der Waals surface area contributed by atoms with Crippen LogP contribution in [-0.2, 0) is 4.79 Å². The zero-order chi connectivity index (χ0) is 12.3. The molecule has 6 heteroatoms. The van der Waals surface area contributed by atoms with Gasteiger partial charge in [-0.1, -0.05) is 18.5 Å². The van der Waals surface area contributed by atoms with Crippen molar-refractivity contribution in [1.29, 1.82) is 0 Å². The highest BCUT2D eigenvalue weighted by Gasteiger charge is 2.22. The van der Waals surface area contributed by atoms with E-state index in [0.29, 0.717) is 0 Å². The van der Waals surface area contributed by atoms with Gasteiger partial charge >= 0.3 is 5.97 Å². The second-order valence-corrected chi connectivity index (χ2v) is 3.93. The standard InChI is InChI=1S/C10H12ClNO4/c1-6(10(14)15)5-12(2)9(13)8-7(11)3-4-16-8/h3-4,6H,5H2,1-2H3,(H,14,15). The molecule has 0 bridgehead atoms. The molecule has 0 radical (unpaired) electrons. The number of hydrogen-bond acceptors (Lipinski definition) is 3. The summed E-state index contributed by atoms with van der Waals surface area (Å²) in [6.45, 7) is 1.63. The number of rotatable bonds is 4. The number of aliphatic carboxylic acids is 1. The van der Waals surface area contributed by atoms with Crippen molar-refractivity contribution in [1.82, 2.24) is 4.90 Å². The lowest BCUT2D eigenvalue weighted by atomic mass is 10.2. The van der Waals surface area contributed by atoms with Gasteiger partial charge in [-0.3, -0.25) is 9.59 Å². The van der Waals surface area contributed by atoms with Gasteiger partial charge in [-0.05, 0) is 6.07 Å². The number of carboxylic acid groups (broad SMARTS) is 1. The molecule has 1 aromatic rings. The van der Waals surface area contributed by atoms with E-state index >= 15 is 0 Å². The molecule has 0 aromatic carbocycles. The highest BCUT2D eigenvalue weighted by Crippen LogP contribution is 2.18. The Morgan fingerprint density at radius 1 is 1.62 bits per heavy atom. The molecular weight excluding hydrogens is 234 g/mol. The van der Waals surface area contributed by atoms with E-state index in [1.165, 1.54) is 31.2 Å². The molecule has 1 N–H and O–H groups in total. The number of nitrogens with zero attached hydrogens (tertiary/aromatic N) is 1. The predicted octanol–water partition coefficient (Wildman–Crippen LogP) is 1.73. The molecule has 1 amide bonds. The average Bonchev–Trinajstić information content (AvgIpc) is 2.62. The predicted molar refractivity (Wildman–Crippen MR) is 57.5 cm³/mol. The maximum Gasteiger partial charge on any atom is 0.308 e. The minimum atomic E-state index is -0.954. The van der Waals surface area contributed by atoms with E-state index < -0.39 is 17.8 Å². The summed E-state index contributed by atoms with van der Waals surface area (Å²) in [5.41, 5.74) is 0. The highest BCUT2D eigenvalue weighted by molar-refractivity contribution is 6.33. The van der Waals surface area contributed by atoms with Crippen molar-refractivity contribution >= 4 is 23.5 Å². The molecule has 0 spiro atoms. The Morgan fingerprint density at radius 2 is 2.25 bits per heavy atom. The summed E-state index contributed by atoms with van der Waals surface area (Å²) < 4.78 is 4.92. The van der Waals surface area contributed by atoms with Crippen molar-refractivity contribution < 1.29 is 19.1 Å². The molecule has 0 saturated heterocycles. The van der Waals surface area contributed by atoms with Gasteiger partial charge in [-0.25, -0.2) is 0 Å². The van der Waals surface area contributed by atoms with Crippen molar-refractivity contribution in [3.05, 3.63) is 23.1 Å². The third kappa shape index (κ3) is 2.76. The van der Waals surface area contributed by atoms with Crippen LogP contribution in [0.5, 0.6) is 0 Å². The Bertz CT molecular complexity index is 401. The fraction of sp³-hybridized carbons (Fsp3) is 0.400. The minimum Gasteiger partial charge on any atom is -0.481 e. The van der Waals surface area contributed by atoms with E-state index in [-0.39, 0.29) is 17.3 Å². The van der Waals surface area contributed by atoms with Gasteiger partial charge in [0, 0.05) is 13.6 Å². The van der Waals surface area contributed by atoms with Crippen LogP contribution in [0.25, 0.3) is 0 Å². The first-order valence-electron chi connectivity index (χ1n) is 4.64. The van der Waals surface area contributed by atoms with Crippen LogP contribution in [0.3, 0.4) is 0 Å². The topological polar surface area (TPSA) is 70.8 Å². The molecule has 1 atom stereocenters. The zero-order valence-corrected chi connectivity index (χ0v) is 9.69. The Labute approximate surface area is 97.6 Å². The first-order chi connectivity index (χ1) is 7.43. The minimum absolute atomic E-state index is 0.0294. The van der Waals surface area contributed by atoms with E-state index in [0.717, 1.165) is 0 Å². The Morgan fingerprint density at radius 3 is 2.69 bits per heavy atom. The van der Waals surface area contributed by atoms with Gasteiger partial charge in [-0.15, -0.1) is 0 Å². The average molecular weight is 246 g/mol. The summed E-state index contributed by atoms with van der Waals surface area (Å²) in [6.07, 6.45) is 1.31. The molecule has 0 aliphatic heterocycles. The molecule has 1 rings (SSSR count). The molecule has 0 aliphatic rings. The Kier molecular flexibility index (Phi) is 3.95. The summed E-state index contributed by atoms with van der Waals surface area (Å²) >= 11 is 5.72. The highest BCUT2D eigenvalue weighted by atomic mass is 35.5. The van der Waals surface area contributed by atoms with Gasteiger partial charge in [0.2, 0.25) is 5.76 Å². The first-order valence-corrected chi connectivity index (χ1v) is 5.02. The van der Waals surface area contributed by atoms with Crippen LogP contribution < -0.4 is 0 Å². The fourth-order valence-electron chi connectivity index (χ4n) is 1.19. The second-order valence-electron chi connectivity index (χ2n) is 3.52. The van der Waals surface area contributed by atoms with Crippen molar-refractivity contribution in [3.8, 4) is 0 Å². The van der Waals surface area contributed by atoms with Gasteiger partial charge in [0.15, 0.2) is 0 Å². The van der Waals surface area contributed by atoms with Gasteiger partial charge in [0.05, 0.1) is 17.2 Å². The number of furan rings is 1. The normalized spacial score (nSPS) is 12.2. The van der Waals surface area contributed by atoms with Crippen LogP contribution in [0.1, 0.15) is 17.5 Å². The summed E-state index contributed by atoms with van der Waals surface area (Å²) in [6, 6.07) is 1.46. The van der Waals surface area contributed by atoms with Gasteiger partial charge in [0.25, 0.3) is 5.91 Å². The van der Waals surface area contributed by atoms with Crippen molar-refractivity contribution in [2.24, 2.45) is 5.92 Å². The molecule has 1 heterocycles. The van der Waals surface area contributed by atoms with E-state index in [1.54, 1.807) is 0 Å². The fourth-order valence-corrected chi connectivity index (χ4v) is 1.37. The Balaban J connectivity index is 2.69. The molecule has 88 valence electrons. The van der Waals surface area contributed by atoms with E-state index in [4.69, 9.17) is 21.1 Å². The summed E-state index contributed by atoms with van der Waals surface area (Å²) in [7, 11) is 1.50. The summed E-state index contributed by atoms with van der Waals surface area (Å²) in [4.78, 5) is 23.6. The lowest BCUT2D eigenvalue weighted by Gasteiger charge is -2.18. The van der Waals surface area contributed by atoms with Gasteiger partial charge in [-0.2, -0.15) is 0 Å². The molecule has 0 aliphatic carbocycles. The van der Waals surface area contributed by atoms with Crippen LogP contribution in [0.4, 0.5) is 0 Å². The monoisotopic (exact) mass is 245 g/mol. The number of hydrogen-bond donors (Lipinski definition) is 1. The van der Waals surface area contributed by atoms with Gasteiger partial charge in [0.1, 0.15) is 0 Å². The van der Waals surface area contributed by atoms with Crippen LogP contribution in [0.2, 0.25) is 5.02 Å². The maximum atomic E-state index is 11.7.